The van der Waals surface area contributed by atoms with E-state index in [1.54, 1.807) is 0 Å². The molecule has 23 heavy (non-hydrogen) atoms. The number of hydrogen-bond acceptors (Lipinski definition) is 2. The normalized spacial score (nSPS) is 15.1. The Morgan fingerprint density at radius 1 is 0.826 bits per heavy atom. The molecule has 1 heterocycles. The predicted molar refractivity (Wildman–Crippen MR) is 99.4 cm³/mol. The minimum atomic E-state index is -0.848. The first kappa shape index (κ1) is 15.3. The van der Waals surface area contributed by atoms with Crippen LogP contribution in [0.2, 0.25) is 5.02 Å². The van der Waals surface area contributed by atoms with Crippen molar-refractivity contribution in [2.45, 2.75) is 12.7 Å². The highest BCUT2D eigenvalue weighted by Gasteiger charge is 2.38. The molecule has 0 bridgehead atoms. The van der Waals surface area contributed by atoms with Gasteiger partial charge in [0, 0.05) is 26.5 Å². The molecular weight excluding hydrogens is 443 g/mol. The molecule has 3 aromatic carbocycles. The minimum absolute atomic E-state index is 0.688. The van der Waals surface area contributed by atoms with E-state index < -0.39 is 5.79 Å². The topological polar surface area (TPSA) is 18.5 Å². The van der Waals surface area contributed by atoms with E-state index in [-0.39, 0.29) is 0 Å². The Bertz CT molecular complexity index is 872. The monoisotopic (exact) mass is 452 g/mol. The fourth-order valence-electron chi connectivity index (χ4n) is 2.72. The fourth-order valence-corrected chi connectivity index (χ4v) is 3.57. The average Bonchev–Trinajstić information content (AvgIpc) is 2.83. The lowest BCUT2D eigenvalue weighted by Gasteiger charge is -2.23. The van der Waals surface area contributed by atoms with Gasteiger partial charge in [0.05, 0.1) is 0 Å². The zero-order valence-corrected chi connectivity index (χ0v) is 16.0. The summed E-state index contributed by atoms with van der Waals surface area (Å²) in [6.07, 6.45) is 0. The second-order valence-electron chi connectivity index (χ2n) is 5.57. The quantitative estimate of drug-likeness (QED) is 0.409. The van der Waals surface area contributed by atoms with Crippen molar-refractivity contribution in [1.29, 1.82) is 0 Å². The van der Waals surface area contributed by atoms with Gasteiger partial charge in [0.25, 0.3) is 5.79 Å². The number of ether oxygens (including phenoxy) is 2. The van der Waals surface area contributed by atoms with Gasteiger partial charge >= 0.3 is 0 Å². The van der Waals surface area contributed by atoms with Crippen molar-refractivity contribution in [2.75, 3.05) is 0 Å². The van der Waals surface area contributed by atoms with Crippen LogP contribution in [0, 0.1) is 0 Å². The van der Waals surface area contributed by atoms with Crippen molar-refractivity contribution in [1.82, 2.24) is 0 Å². The number of fused-ring (bicyclic) bond motifs is 2. The third kappa shape index (κ3) is 2.63. The summed E-state index contributed by atoms with van der Waals surface area (Å²) in [6.45, 7) is 1.91. The van der Waals surface area contributed by atoms with Crippen LogP contribution < -0.4 is 9.47 Å². The predicted octanol–water partition coefficient (Wildman–Crippen LogP) is 6.66. The van der Waals surface area contributed by atoms with Crippen LogP contribution in [0.15, 0.2) is 57.5 Å². The van der Waals surface area contributed by atoms with Crippen molar-refractivity contribution >= 4 is 54.2 Å². The van der Waals surface area contributed by atoms with Crippen molar-refractivity contribution < 1.29 is 9.47 Å². The third-order valence-electron chi connectivity index (χ3n) is 3.92. The number of hydrogen-bond donors (Lipinski definition) is 0. The summed E-state index contributed by atoms with van der Waals surface area (Å²) in [7, 11) is 0. The van der Waals surface area contributed by atoms with E-state index in [9.17, 15) is 0 Å². The fraction of sp³-hybridized carbons (Fsp3) is 0.111. The van der Waals surface area contributed by atoms with Crippen LogP contribution in [0.4, 0.5) is 0 Å². The largest absolute Gasteiger partial charge is 0.445 e. The lowest BCUT2D eigenvalue weighted by molar-refractivity contribution is -0.0679. The molecule has 0 fully saturated rings. The Morgan fingerprint density at radius 2 is 1.30 bits per heavy atom. The standard InChI is InChI=1S/C18H11Br2ClO2/c1-18(12-2-4-13(21)5-3-12)22-16-8-10-6-14(19)15(20)7-11(10)9-17(16)23-18/h2-9H,1H3. The minimum Gasteiger partial charge on any atom is -0.445 e. The van der Waals surface area contributed by atoms with E-state index in [2.05, 4.69) is 44.0 Å². The van der Waals surface area contributed by atoms with Gasteiger partial charge in [-0.15, -0.1) is 0 Å². The van der Waals surface area contributed by atoms with E-state index in [4.69, 9.17) is 21.1 Å². The van der Waals surface area contributed by atoms with Gasteiger partial charge < -0.3 is 9.47 Å². The van der Waals surface area contributed by atoms with E-state index >= 15 is 0 Å². The van der Waals surface area contributed by atoms with Gasteiger partial charge in [-0.25, -0.2) is 0 Å². The molecule has 0 radical (unpaired) electrons. The molecule has 0 aliphatic carbocycles. The number of halogens is 3. The lowest BCUT2D eigenvalue weighted by Crippen LogP contribution is -2.31. The molecule has 0 unspecified atom stereocenters. The molecule has 5 heteroatoms. The van der Waals surface area contributed by atoms with Crippen molar-refractivity contribution in [3.8, 4) is 11.5 Å². The summed E-state index contributed by atoms with van der Waals surface area (Å²) in [5.74, 6) is 0.631. The maximum absolute atomic E-state index is 6.11. The molecule has 1 aliphatic heterocycles. The van der Waals surface area contributed by atoms with Crippen molar-refractivity contribution in [2.24, 2.45) is 0 Å². The molecule has 0 saturated carbocycles. The van der Waals surface area contributed by atoms with E-state index in [0.717, 1.165) is 36.8 Å². The zero-order chi connectivity index (χ0) is 16.2. The van der Waals surface area contributed by atoms with Crippen molar-refractivity contribution in [3.05, 3.63) is 68.1 Å². The molecule has 4 rings (SSSR count). The number of rotatable bonds is 1. The van der Waals surface area contributed by atoms with Gasteiger partial charge in [-0.2, -0.15) is 0 Å². The van der Waals surface area contributed by atoms with E-state index in [1.165, 1.54) is 0 Å². The average molecular weight is 455 g/mol. The second kappa shape index (κ2) is 5.40. The molecule has 0 saturated heterocycles. The van der Waals surface area contributed by atoms with Crippen LogP contribution in [0.5, 0.6) is 11.5 Å². The molecule has 0 aromatic heterocycles. The molecule has 0 amide bonds. The van der Waals surface area contributed by atoms with Crippen molar-refractivity contribution in [3.63, 3.8) is 0 Å². The highest BCUT2D eigenvalue weighted by molar-refractivity contribution is 9.13. The van der Waals surface area contributed by atoms with Gasteiger partial charge in [0.15, 0.2) is 11.5 Å². The first-order valence-electron chi connectivity index (χ1n) is 7.01. The molecule has 0 spiro atoms. The summed E-state index contributed by atoms with van der Waals surface area (Å²) in [4.78, 5) is 0. The zero-order valence-electron chi connectivity index (χ0n) is 12.1. The highest BCUT2D eigenvalue weighted by Crippen LogP contribution is 2.46. The van der Waals surface area contributed by atoms with Gasteiger partial charge in [-0.05, 0) is 91.2 Å². The van der Waals surface area contributed by atoms with Gasteiger partial charge in [-0.3, -0.25) is 0 Å². The van der Waals surface area contributed by atoms with Crippen LogP contribution in [-0.4, -0.2) is 0 Å². The number of benzene rings is 3. The van der Waals surface area contributed by atoms with Gasteiger partial charge in [0.1, 0.15) is 0 Å². The van der Waals surface area contributed by atoms with Crippen LogP contribution in [0.25, 0.3) is 10.8 Å². The summed E-state index contributed by atoms with van der Waals surface area (Å²) in [6, 6.07) is 15.6. The summed E-state index contributed by atoms with van der Waals surface area (Å²) in [5.41, 5.74) is 0.921. The maximum Gasteiger partial charge on any atom is 0.275 e. The Kier molecular flexibility index (Phi) is 3.59. The molecule has 2 nitrogen and oxygen atoms in total. The van der Waals surface area contributed by atoms with Crippen LogP contribution in [0.3, 0.4) is 0 Å². The highest BCUT2D eigenvalue weighted by atomic mass is 79.9. The Labute approximate surface area is 155 Å². The Hall–Kier alpha value is -1.23. The lowest BCUT2D eigenvalue weighted by atomic mass is 10.1. The molecule has 1 aliphatic rings. The van der Waals surface area contributed by atoms with E-state index in [1.807, 2.05) is 43.3 Å². The summed E-state index contributed by atoms with van der Waals surface area (Å²) < 4.78 is 14.2. The third-order valence-corrected chi connectivity index (χ3v) is 6.02. The molecule has 116 valence electrons. The first-order chi connectivity index (χ1) is 10.9. The molecule has 3 aromatic rings. The molecular formula is C18H11Br2ClO2. The van der Waals surface area contributed by atoms with E-state index in [0.29, 0.717) is 5.02 Å². The SMILES string of the molecule is CC1(c2ccc(Cl)cc2)Oc2cc3cc(Br)c(Br)cc3cc2O1. The smallest absolute Gasteiger partial charge is 0.275 e. The summed E-state index contributed by atoms with van der Waals surface area (Å²) in [5, 5.41) is 2.86. The van der Waals surface area contributed by atoms with Gasteiger partial charge in [0.2, 0.25) is 0 Å². The first-order valence-corrected chi connectivity index (χ1v) is 8.98. The molecule has 0 N–H and O–H groups in total. The summed E-state index contributed by atoms with van der Waals surface area (Å²) >= 11 is 13.0. The van der Waals surface area contributed by atoms with Gasteiger partial charge in [-0.1, -0.05) is 11.6 Å². The molecule has 0 atom stereocenters. The maximum atomic E-state index is 6.11. The Morgan fingerprint density at radius 3 is 1.78 bits per heavy atom. The second-order valence-corrected chi connectivity index (χ2v) is 7.71. The van der Waals surface area contributed by atoms with Crippen LogP contribution in [-0.2, 0) is 5.79 Å². The Balaban J connectivity index is 1.79. The van der Waals surface area contributed by atoms with Crippen LogP contribution >= 0.6 is 43.5 Å². The van der Waals surface area contributed by atoms with Crippen LogP contribution in [0.1, 0.15) is 12.5 Å².